The van der Waals surface area contributed by atoms with E-state index < -0.39 is 27.1 Å². The molecule has 0 aliphatic carbocycles. The van der Waals surface area contributed by atoms with Crippen molar-refractivity contribution in [3.8, 4) is 0 Å². The molecule has 0 spiro atoms. The quantitative estimate of drug-likeness (QED) is 0.153. The van der Waals surface area contributed by atoms with E-state index in [0.29, 0.717) is 22.0 Å². The standard InChI is InChI=1S/C19H19N7O6S3/c1-24-19(21-22-23-24)33-10-13-16(18(28)29)25-14(27)9-15(25)34-17(13)20-7-2-8-35(32)12-5-3-11(4-6-12)26(30)31/h3-7,15,17H,2,8-10H2,1H3,(H,28,29)/t15-,17?,35?/m0/s1. The number of carbonyl (C=O) groups is 2. The Balaban J connectivity index is 1.47. The van der Waals surface area contributed by atoms with E-state index in [1.165, 1.54) is 57.4 Å². The molecule has 2 aromatic rings. The number of non-ortho nitro benzene ring substituents is 1. The van der Waals surface area contributed by atoms with Gasteiger partial charge in [0.2, 0.25) is 11.1 Å². The zero-order chi connectivity index (χ0) is 25.1. The Morgan fingerprint density at radius 1 is 1.43 bits per heavy atom. The first-order chi connectivity index (χ1) is 16.8. The number of aromatic nitrogens is 4. The maximum Gasteiger partial charge on any atom is 0.352 e. The van der Waals surface area contributed by atoms with E-state index in [9.17, 15) is 29.0 Å². The average molecular weight is 538 g/mol. The molecule has 1 fully saturated rings. The van der Waals surface area contributed by atoms with Gasteiger partial charge in [0.05, 0.1) is 27.5 Å². The van der Waals surface area contributed by atoms with E-state index >= 15 is 0 Å². The minimum Gasteiger partial charge on any atom is -0.477 e. The van der Waals surface area contributed by atoms with Gasteiger partial charge in [0, 0.05) is 47.4 Å². The Kier molecular flexibility index (Phi) is 7.61. The minimum absolute atomic E-state index is 0.0655. The van der Waals surface area contributed by atoms with Gasteiger partial charge >= 0.3 is 5.97 Å². The van der Waals surface area contributed by atoms with Gasteiger partial charge in [-0.15, -0.1) is 16.9 Å². The number of hydrogen-bond donors (Lipinski definition) is 1. The van der Waals surface area contributed by atoms with E-state index in [4.69, 9.17) is 0 Å². The molecule has 3 atom stereocenters. The predicted octanol–water partition coefficient (Wildman–Crippen LogP) is 1.45. The fourth-order valence-corrected chi connectivity index (χ4v) is 6.82. The number of tetrazole rings is 1. The lowest BCUT2D eigenvalue weighted by Gasteiger charge is -2.45. The van der Waals surface area contributed by atoms with E-state index in [2.05, 4.69) is 20.5 Å². The molecule has 3 heterocycles. The summed E-state index contributed by atoms with van der Waals surface area (Å²) in [6.45, 7) is 0. The molecular weight excluding hydrogens is 518 g/mol. The van der Waals surface area contributed by atoms with Crippen molar-refractivity contribution >= 4 is 58.1 Å². The van der Waals surface area contributed by atoms with Gasteiger partial charge < -0.3 is 5.11 Å². The zero-order valence-electron chi connectivity index (χ0n) is 18.2. The third kappa shape index (κ3) is 5.43. The van der Waals surface area contributed by atoms with E-state index in [1.807, 2.05) is 0 Å². The summed E-state index contributed by atoms with van der Waals surface area (Å²) >= 11 is 2.63. The molecule has 1 saturated heterocycles. The van der Waals surface area contributed by atoms with Crippen molar-refractivity contribution in [1.82, 2.24) is 25.1 Å². The molecule has 0 radical (unpaired) electrons. The highest BCUT2D eigenvalue weighted by molar-refractivity contribution is 8.01. The van der Waals surface area contributed by atoms with Crippen LogP contribution in [0.5, 0.6) is 0 Å². The van der Waals surface area contributed by atoms with Crippen LogP contribution >= 0.6 is 23.5 Å². The van der Waals surface area contributed by atoms with Gasteiger partial charge in [-0.1, -0.05) is 11.8 Å². The van der Waals surface area contributed by atoms with Gasteiger partial charge in [0.15, 0.2) is 0 Å². The summed E-state index contributed by atoms with van der Waals surface area (Å²) in [6, 6.07) is 5.53. The summed E-state index contributed by atoms with van der Waals surface area (Å²) in [6.07, 6.45) is 2.19. The molecule has 16 heteroatoms. The number of carboxylic acids is 1. The van der Waals surface area contributed by atoms with Gasteiger partial charge in [0.25, 0.3) is 5.69 Å². The molecule has 35 heavy (non-hydrogen) atoms. The molecular formula is C19H19N7O6S3. The van der Waals surface area contributed by atoms with Gasteiger partial charge in [-0.05, 0) is 29.0 Å². The first-order valence-electron chi connectivity index (χ1n) is 10.2. The summed E-state index contributed by atoms with van der Waals surface area (Å²) in [7, 11) is 0.291. The second-order valence-corrected chi connectivity index (χ2v) is 11.2. The predicted molar refractivity (Wildman–Crippen MR) is 128 cm³/mol. The molecule has 1 aromatic carbocycles. The van der Waals surface area contributed by atoms with Crippen LogP contribution in [0.4, 0.5) is 5.69 Å². The van der Waals surface area contributed by atoms with E-state index in [0.717, 1.165) is 0 Å². The molecule has 1 N–H and O–H groups in total. The summed E-state index contributed by atoms with van der Waals surface area (Å²) in [5.41, 5.74) is 0.324. The van der Waals surface area contributed by atoms with Crippen LogP contribution in [0.15, 0.2) is 50.6 Å². The fourth-order valence-electron chi connectivity index (χ4n) is 3.43. The van der Waals surface area contributed by atoms with Crippen molar-refractivity contribution in [2.75, 3.05) is 11.5 Å². The zero-order valence-corrected chi connectivity index (χ0v) is 20.7. The number of nitro groups is 1. The lowest BCUT2D eigenvalue weighted by atomic mass is 10.1. The van der Waals surface area contributed by atoms with Gasteiger partial charge in [-0.3, -0.25) is 29.0 Å². The number of β-lactam (4-membered cyclic amide) rings is 1. The highest BCUT2D eigenvalue weighted by Gasteiger charge is 2.48. The van der Waals surface area contributed by atoms with E-state index in [1.54, 1.807) is 13.3 Å². The van der Waals surface area contributed by atoms with Crippen LogP contribution in [0.25, 0.3) is 0 Å². The lowest BCUT2D eigenvalue weighted by Crippen LogP contribution is -2.55. The smallest absolute Gasteiger partial charge is 0.352 e. The number of nitro benzene ring substituents is 1. The topological polar surface area (TPSA) is 174 Å². The third-order valence-corrected chi connectivity index (χ3v) is 8.98. The summed E-state index contributed by atoms with van der Waals surface area (Å²) in [4.78, 5) is 40.7. The molecule has 1 amide bonds. The van der Waals surface area contributed by atoms with Crippen LogP contribution in [0.2, 0.25) is 0 Å². The number of benzene rings is 1. The Bertz CT molecular complexity index is 1250. The van der Waals surface area contributed by atoms with Crippen LogP contribution in [-0.4, -0.2) is 79.7 Å². The molecule has 13 nitrogen and oxygen atoms in total. The van der Waals surface area contributed by atoms with Crippen molar-refractivity contribution < 1.29 is 23.8 Å². The largest absolute Gasteiger partial charge is 0.477 e. The van der Waals surface area contributed by atoms with E-state index in [-0.39, 0.29) is 40.6 Å². The van der Waals surface area contributed by atoms with Crippen LogP contribution in [-0.2, 0) is 27.4 Å². The summed E-state index contributed by atoms with van der Waals surface area (Å²) < 4.78 is 14.0. The first-order valence-corrected chi connectivity index (χ1v) is 13.4. The first kappa shape index (κ1) is 25.0. The Morgan fingerprint density at radius 2 is 2.17 bits per heavy atom. The molecule has 1 aromatic heterocycles. The minimum atomic E-state index is -1.38. The number of thioether (sulfide) groups is 2. The van der Waals surface area contributed by atoms with Crippen molar-refractivity contribution in [3.05, 3.63) is 45.6 Å². The molecule has 0 saturated carbocycles. The maximum absolute atomic E-state index is 12.5. The fraction of sp³-hybridized carbons (Fsp3) is 0.368. The highest BCUT2D eigenvalue weighted by atomic mass is 32.2. The monoisotopic (exact) mass is 537 g/mol. The number of nitrogens with zero attached hydrogens (tertiary/aromatic N) is 7. The number of hydrogen-bond acceptors (Lipinski definition) is 11. The Morgan fingerprint density at radius 3 is 2.77 bits per heavy atom. The Labute approximate surface area is 209 Å². The summed E-state index contributed by atoms with van der Waals surface area (Å²) in [5.74, 6) is -0.981. The molecule has 4 rings (SSSR count). The Hall–Kier alpha value is -3.11. The van der Waals surface area contributed by atoms with Crippen LogP contribution in [0, 0.1) is 10.1 Å². The van der Waals surface area contributed by atoms with Crippen LogP contribution < -0.4 is 0 Å². The number of amides is 1. The van der Waals surface area contributed by atoms with Crippen molar-refractivity contribution in [3.63, 3.8) is 0 Å². The van der Waals surface area contributed by atoms with Crippen LogP contribution in [0.1, 0.15) is 12.8 Å². The number of aliphatic carboxylic acids is 1. The maximum atomic E-state index is 12.5. The molecule has 0 bridgehead atoms. The number of fused-ring (bicyclic) bond motifs is 1. The third-order valence-electron chi connectivity index (χ3n) is 5.16. The van der Waals surface area contributed by atoms with Gasteiger partial charge in [0.1, 0.15) is 11.1 Å². The van der Waals surface area contributed by atoms with Crippen molar-refractivity contribution in [1.29, 1.82) is 0 Å². The highest BCUT2D eigenvalue weighted by Crippen LogP contribution is 2.45. The van der Waals surface area contributed by atoms with Gasteiger partial charge in [-0.2, -0.15) is 0 Å². The van der Waals surface area contributed by atoms with Crippen molar-refractivity contribution in [2.24, 2.45) is 12.0 Å². The molecule has 2 aliphatic heterocycles. The number of aryl methyl sites for hydroxylation is 1. The SMILES string of the molecule is Cn1nnnc1SCC1=C(C(=O)O)N2C(=O)C[C@@H]2SC1N=CCCS(=O)c1ccc([N+](=O)[O-])cc1. The average Bonchev–Trinajstić information content (AvgIpc) is 3.24. The number of carboxylic acid groups (broad SMARTS) is 1. The molecule has 2 aliphatic rings. The molecule has 2 unspecified atom stereocenters. The number of rotatable bonds is 10. The second kappa shape index (κ2) is 10.7. The lowest BCUT2D eigenvalue weighted by molar-refractivity contribution is -0.384. The number of aliphatic imine (C=N–C) groups is 1. The normalized spacial score (nSPS) is 20.6. The van der Waals surface area contributed by atoms with Gasteiger partial charge in [-0.25, -0.2) is 9.48 Å². The second-order valence-electron chi connectivity index (χ2n) is 7.38. The van der Waals surface area contributed by atoms with Crippen LogP contribution in [0.3, 0.4) is 0 Å². The molecule has 184 valence electrons. The van der Waals surface area contributed by atoms with Crippen molar-refractivity contribution in [2.45, 2.75) is 33.6 Å². The number of carbonyl (C=O) groups excluding carboxylic acids is 1. The summed E-state index contributed by atoms with van der Waals surface area (Å²) in [5, 5.41) is 31.5.